The lowest BCUT2D eigenvalue weighted by atomic mass is 9.84. The number of nitrogens with zero attached hydrogens (tertiary/aromatic N) is 2. The van der Waals surface area contributed by atoms with Crippen molar-refractivity contribution >= 4 is 34.4 Å². The molecule has 3 heterocycles. The minimum Gasteiger partial charge on any atom is -0.493 e. The Morgan fingerprint density at radius 3 is 2.64 bits per heavy atom. The Labute approximate surface area is 207 Å². The van der Waals surface area contributed by atoms with Crippen LogP contribution in [0.2, 0.25) is 0 Å². The molecule has 3 aromatic rings. The van der Waals surface area contributed by atoms with Crippen molar-refractivity contribution in [3.8, 4) is 11.5 Å². The van der Waals surface area contributed by atoms with Crippen LogP contribution < -0.4 is 14.8 Å². The van der Waals surface area contributed by atoms with Crippen LogP contribution in [0.25, 0.3) is 10.9 Å². The van der Waals surface area contributed by atoms with Crippen molar-refractivity contribution in [1.82, 2.24) is 9.47 Å². The fourth-order valence-electron chi connectivity index (χ4n) is 5.13. The molecule has 186 valence electrons. The monoisotopic (exact) mass is 489 g/mol. The first-order valence-electron chi connectivity index (χ1n) is 11.7. The molecule has 0 spiro atoms. The maximum absolute atomic E-state index is 13.6. The van der Waals surface area contributed by atoms with Crippen molar-refractivity contribution in [2.75, 3.05) is 25.6 Å². The Balaban J connectivity index is 1.74. The van der Waals surface area contributed by atoms with Crippen LogP contribution in [-0.4, -0.2) is 52.6 Å². The molecule has 0 saturated carbocycles. The summed E-state index contributed by atoms with van der Waals surface area (Å²) in [5, 5.41) is 13.5. The fourth-order valence-corrected chi connectivity index (χ4v) is 5.13. The number of amides is 2. The predicted molar refractivity (Wildman–Crippen MR) is 133 cm³/mol. The van der Waals surface area contributed by atoms with Crippen LogP contribution in [0, 0.1) is 0 Å². The first kappa shape index (κ1) is 23.5. The van der Waals surface area contributed by atoms with Crippen molar-refractivity contribution in [1.29, 1.82) is 0 Å². The van der Waals surface area contributed by atoms with Gasteiger partial charge in [-0.05, 0) is 49.2 Å². The molecule has 1 aromatic heterocycles. The number of carbonyl (C=O) groups is 3. The van der Waals surface area contributed by atoms with Gasteiger partial charge in [0.1, 0.15) is 0 Å². The van der Waals surface area contributed by atoms with E-state index in [-0.39, 0.29) is 30.2 Å². The average molecular weight is 490 g/mol. The summed E-state index contributed by atoms with van der Waals surface area (Å²) < 4.78 is 13.1. The van der Waals surface area contributed by atoms with Crippen molar-refractivity contribution in [2.24, 2.45) is 0 Å². The lowest BCUT2D eigenvalue weighted by molar-refractivity contribution is -0.140. The maximum atomic E-state index is 13.6. The predicted octanol–water partition coefficient (Wildman–Crippen LogP) is 3.89. The Hall–Kier alpha value is -4.27. The summed E-state index contributed by atoms with van der Waals surface area (Å²) >= 11 is 0. The van der Waals surface area contributed by atoms with Gasteiger partial charge in [0, 0.05) is 41.9 Å². The third-order valence-corrected chi connectivity index (χ3v) is 6.70. The standard InChI is InChI=1S/C27H27N3O6/c1-14(2)29-11-17-24(16-8-9-21(22(10-16)35-4)36-13-23(32)33)26-19(12-30(15(3)31)27(26)34)28-18-6-5-7-20(29)25(17)18/h5-11,14,24,28H,12-13H2,1-4H3,(H,32,33)/t24-/m1/s1. The van der Waals surface area contributed by atoms with Crippen molar-refractivity contribution in [3.05, 3.63) is 65.0 Å². The summed E-state index contributed by atoms with van der Waals surface area (Å²) in [4.78, 5) is 38.1. The van der Waals surface area contributed by atoms with Crippen molar-refractivity contribution in [3.63, 3.8) is 0 Å². The van der Waals surface area contributed by atoms with Gasteiger partial charge in [0.15, 0.2) is 18.1 Å². The summed E-state index contributed by atoms with van der Waals surface area (Å²) in [6, 6.07) is 11.4. The molecule has 0 aliphatic carbocycles. The second kappa shape index (κ2) is 8.75. The van der Waals surface area contributed by atoms with Crippen LogP contribution in [-0.2, 0) is 14.4 Å². The summed E-state index contributed by atoms with van der Waals surface area (Å²) in [5.74, 6) is -1.59. The number of aliphatic carboxylic acids is 1. The molecule has 1 atom stereocenters. The number of aromatic nitrogens is 1. The van der Waals surface area contributed by atoms with E-state index in [1.54, 1.807) is 12.1 Å². The number of carboxylic acid groups (broad SMARTS) is 1. The number of carbonyl (C=O) groups excluding carboxylic acids is 2. The molecule has 0 radical (unpaired) electrons. The number of hydrogen-bond donors (Lipinski definition) is 2. The quantitative estimate of drug-likeness (QED) is 0.540. The maximum Gasteiger partial charge on any atom is 0.341 e. The largest absolute Gasteiger partial charge is 0.493 e. The number of ether oxygens (including phenoxy) is 2. The second-order valence-electron chi connectivity index (χ2n) is 9.24. The lowest BCUT2D eigenvalue weighted by Gasteiger charge is -2.21. The van der Waals surface area contributed by atoms with Crippen LogP contribution in [0.1, 0.15) is 43.9 Å². The number of benzene rings is 2. The minimum absolute atomic E-state index is 0.168. The molecule has 0 unspecified atom stereocenters. The molecular formula is C27H27N3O6. The molecular weight excluding hydrogens is 462 g/mol. The summed E-state index contributed by atoms with van der Waals surface area (Å²) in [5.41, 5.74) is 4.81. The molecule has 2 aromatic carbocycles. The van der Waals surface area contributed by atoms with E-state index in [0.29, 0.717) is 17.0 Å². The molecule has 0 saturated heterocycles. The smallest absolute Gasteiger partial charge is 0.341 e. The van der Waals surface area contributed by atoms with Gasteiger partial charge in [0.2, 0.25) is 5.91 Å². The van der Waals surface area contributed by atoms with Crippen LogP contribution >= 0.6 is 0 Å². The van der Waals surface area contributed by atoms with Gasteiger partial charge < -0.3 is 24.5 Å². The van der Waals surface area contributed by atoms with Crippen LogP contribution in [0.15, 0.2) is 53.9 Å². The van der Waals surface area contributed by atoms with Crippen molar-refractivity contribution in [2.45, 2.75) is 32.7 Å². The van der Waals surface area contributed by atoms with E-state index in [4.69, 9.17) is 14.6 Å². The summed E-state index contributed by atoms with van der Waals surface area (Å²) in [6.07, 6.45) is 2.08. The molecule has 9 nitrogen and oxygen atoms in total. The van der Waals surface area contributed by atoms with E-state index in [0.717, 1.165) is 27.7 Å². The summed E-state index contributed by atoms with van der Waals surface area (Å²) in [6.45, 7) is 5.25. The highest BCUT2D eigenvalue weighted by atomic mass is 16.5. The third kappa shape index (κ3) is 3.67. The first-order valence-corrected chi connectivity index (χ1v) is 11.7. The molecule has 2 aliphatic rings. The highest BCUT2D eigenvalue weighted by molar-refractivity contribution is 6.11. The van der Waals surface area contributed by atoms with E-state index < -0.39 is 18.5 Å². The van der Waals surface area contributed by atoms with Gasteiger partial charge in [-0.15, -0.1) is 0 Å². The molecule has 0 fully saturated rings. The van der Waals surface area contributed by atoms with Gasteiger partial charge >= 0.3 is 5.97 Å². The summed E-state index contributed by atoms with van der Waals surface area (Å²) in [7, 11) is 1.48. The Bertz CT molecular complexity index is 1450. The zero-order chi connectivity index (χ0) is 25.7. The fraction of sp³-hybridized carbons (Fsp3) is 0.296. The number of hydrogen-bond acceptors (Lipinski definition) is 6. The Morgan fingerprint density at radius 1 is 1.19 bits per heavy atom. The lowest BCUT2D eigenvalue weighted by Crippen LogP contribution is -2.33. The number of carboxylic acids is 1. The van der Waals surface area contributed by atoms with E-state index in [1.165, 1.54) is 18.9 Å². The molecule has 5 rings (SSSR count). The van der Waals surface area contributed by atoms with Gasteiger partial charge in [0.25, 0.3) is 5.91 Å². The van der Waals surface area contributed by atoms with Crippen LogP contribution in [0.3, 0.4) is 0 Å². The number of imide groups is 1. The van der Waals surface area contributed by atoms with Crippen LogP contribution in [0.5, 0.6) is 11.5 Å². The highest BCUT2D eigenvalue weighted by Crippen LogP contribution is 2.48. The van der Waals surface area contributed by atoms with E-state index in [1.807, 2.05) is 18.2 Å². The molecule has 2 N–H and O–H groups in total. The zero-order valence-electron chi connectivity index (χ0n) is 20.5. The second-order valence-corrected chi connectivity index (χ2v) is 9.24. The van der Waals surface area contributed by atoms with Gasteiger partial charge in [-0.3, -0.25) is 14.5 Å². The molecule has 2 amide bonds. The first-order chi connectivity index (χ1) is 17.2. The molecule has 9 heteroatoms. The normalized spacial score (nSPS) is 16.8. The van der Waals surface area contributed by atoms with Gasteiger partial charge in [-0.25, -0.2) is 4.79 Å². The van der Waals surface area contributed by atoms with E-state index in [9.17, 15) is 14.4 Å². The zero-order valence-corrected chi connectivity index (χ0v) is 20.5. The average Bonchev–Trinajstić information content (AvgIpc) is 3.33. The minimum atomic E-state index is -1.10. The Morgan fingerprint density at radius 2 is 1.97 bits per heavy atom. The molecule has 36 heavy (non-hydrogen) atoms. The van der Waals surface area contributed by atoms with Crippen molar-refractivity contribution < 1.29 is 29.0 Å². The van der Waals surface area contributed by atoms with Gasteiger partial charge in [0.05, 0.1) is 24.7 Å². The molecule has 0 bridgehead atoms. The SMILES string of the molecule is COc1cc([C@H]2C3=C(CN(C(C)=O)C3=O)Nc3cccc4c3c2cn4C(C)C)ccc1OCC(=O)O. The number of anilines is 1. The van der Waals surface area contributed by atoms with E-state index in [2.05, 4.69) is 36.0 Å². The molecule has 2 aliphatic heterocycles. The number of methoxy groups -OCH3 is 1. The van der Waals surface area contributed by atoms with E-state index >= 15 is 0 Å². The number of nitrogens with one attached hydrogen (secondary N) is 1. The number of rotatable bonds is 6. The highest BCUT2D eigenvalue weighted by Gasteiger charge is 2.42. The third-order valence-electron chi connectivity index (χ3n) is 6.70. The topological polar surface area (TPSA) is 110 Å². The van der Waals surface area contributed by atoms with Gasteiger partial charge in [-0.1, -0.05) is 12.1 Å². The van der Waals surface area contributed by atoms with Gasteiger partial charge in [-0.2, -0.15) is 0 Å². The Kier molecular flexibility index (Phi) is 5.70. The van der Waals surface area contributed by atoms with Crippen LogP contribution in [0.4, 0.5) is 5.69 Å².